The molecule has 0 saturated carbocycles. The molecule has 0 spiro atoms. The van der Waals surface area contributed by atoms with Gasteiger partial charge in [0.2, 0.25) is 0 Å². The highest BCUT2D eigenvalue weighted by molar-refractivity contribution is 5.95. The molecule has 20 heavy (non-hydrogen) atoms. The standard InChI is InChI=1S/C14H20N2O4/c1-18-12-4-3-10(7-13(12)19-2)14(17)16-5-6-20-11(8-15)9-16/h3-4,7,11H,5-6,8-9,15H2,1-2H3. The molecule has 2 N–H and O–H groups in total. The van der Waals surface area contributed by atoms with Gasteiger partial charge in [0.1, 0.15) is 0 Å². The number of amides is 1. The normalized spacial score (nSPS) is 18.8. The molecule has 0 aliphatic carbocycles. The lowest BCUT2D eigenvalue weighted by Gasteiger charge is -2.32. The lowest BCUT2D eigenvalue weighted by Crippen LogP contribution is -2.48. The molecule has 2 rings (SSSR count). The van der Waals surface area contributed by atoms with Gasteiger partial charge in [-0.3, -0.25) is 4.79 Å². The number of carbonyl (C=O) groups is 1. The average molecular weight is 280 g/mol. The fraction of sp³-hybridized carbons (Fsp3) is 0.500. The molecule has 1 saturated heterocycles. The zero-order valence-corrected chi connectivity index (χ0v) is 11.8. The Balaban J connectivity index is 2.16. The second-order valence-corrected chi connectivity index (χ2v) is 4.55. The van der Waals surface area contributed by atoms with Gasteiger partial charge in [-0.05, 0) is 18.2 Å². The number of hydrogen-bond donors (Lipinski definition) is 1. The van der Waals surface area contributed by atoms with E-state index in [4.69, 9.17) is 19.9 Å². The van der Waals surface area contributed by atoms with Crippen LogP contribution in [0.25, 0.3) is 0 Å². The lowest BCUT2D eigenvalue weighted by atomic mass is 10.1. The highest BCUT2D eigenvalue weighted by Crippen LogP contribution is 2.28. The molecule has 1 heterocycles. The molecule has 1 fully saturated rings. The van der Waals surface area contributed by atoms with Gasteiger partial charge in [-0.15, -0.1) is 0 Å². The van der Waals surface area contributed by atoms with Crippen molar-refractivity contribution in [1.82, 2.24) is 4.90 Å². The van der Waals surface area contributed by atoms with Crippen molar-refractivity contribution >= 4 is 5.91 Å². The Bertz CT molecular complexity index is 478. The van der Waals surface area contributed by atoms with Crippen LogP contribution < -0.4 is 15.2 Å². The van der Waals surface area contributed by atoms with E-state index < -0.39 is 0 Å². The molecule has 1 atom stereocenters. The second kappa shape index (κ2) is 6.58. The molecule has 110 valence electrons. The number of ether oxygens (including phenoxy) is 3. The molecule has 1 aliphatic heterocycles. The molecule has 1 aromatic carbocycles. The number of hydrogen-bond acceptors (Lipinski definition) is 5. The first-order valence-electron chi connectivity index (χ1n) is 6.52. The number of benzene rings is 1. The Kier molecular flexibility index (Phi) is 4.81. The predicted molar refractivity (Wildman–Crippen MR) is 74.2 cm³/mol. The maximum Gasteiger partial charge on any atom is 0.254 e. The van der Waals surface area contributed by atoms with E-state index in [2.05, 4.69) is 0 Å². The van der Waals surface area contributed by atoms with Crippen molar-refractivity contribution in [3.8, 4) is 11.5 Å². The summed E-state index contributed by atoms with van der Waals surface area (Å²) in [6.07, 6.45) is -0.0900. The topological polar surface area (TPSA) is 74.0 Å². The zero-order valence-electron chi connectivity index (χ0n) is 11.8. The van der Waals surface area contributed by atoms with Crippen LogP contribution in [0.4, 0.5) is 0 Å². The van der Waals surface area contributed by atoms with Gasteiger partial charge in [0, 0.05) is 25.2 Å². The van der Waals surface area contributed by atoms with E-state index in [1.165, 1.54) is 0 Å². The van der Waals surface area contributed by atoms with Crippen molar-refractivity contribution in [1.29, 1.82) is 0 Å². The van der Waals surface area contributed by atoms with Gasteiger partial charge >= 0.3 is 0 Å². The summed E-state index contributed by atoms with van der Waals surface area (Å²) in [6, 6.07) is 5.15. The van der Waals surface area contributed by atoms with E-state index in [1.54, 1.807) is 37.3 Å². The molecule has 6 nitrogen and oxygen atoms in total. The molecule has 1 unspecified atom stereocenters. The van der Waals surface area contributed by atoms with Crippen LogP contribution in [-0.2, 0) is 4.74 Å². The highest BCUT2D eigenvalue weighted by atomic mass is 16.5. The summed E-state index contributed by atoms with van der Waals surface area (Å²) < 4.78 is 15.8. The van der Waals surface area contributed by atoms with Crippen LogP contribution in [0.1, 0.15) is 10.4 Å². The number of methoxy groups -OCH3 is 2. The minimum Gasteiger partial charge on any atom is -0.493 e. The first-order valence-corrected chi connectivity index (χ1v) is 6.52. The van der Waals surface area contributed by atoms with Gasteiger partial charge in [-0.2, -0.15) is 0 Å². The monoisotopic (exact) mass is 280 g/mol. The van der Waals surface area contributed by atoms with Crippen LogP contribution in [0.3, 0.4) is 0 Å². The summed E-state index contributed by atoms with van der Waals surface area (Å²) in [6.45, 7) is 2.02. The van der Waals surface area contributed by atoms with Crippen LogP contribution >= 0.6 is 0 Å². The van der Waals surface area contributed by atoms with Crippen molar-refractivity contribution in [2.24, 2.45) is 5.73 Å². The van der Waals surface area contributed by atoms with Crippen LogP contribution in [0.15, 0.2) is 18.2 Å². The predicted octanol–water partition coefficient (Wildman–Crippen LogP) is 0.504. The minimum atomic E-state index is -0.0900. The number of morpholine rings is 1. The third-order valence-corrected chi connectivity index (χ3v) is 3.32. The summed E-state index contributed by atoms with van der Waals surface area (Å²) in [5, 5.41) is 0. The van der Waals surface area contributed by atoms with Crippen LogP contribution in [0, 0.1) is 0 Å². The fourth-order valence-corrected chi connectivity index (χ4v) is 2.20. The fourth-order valence-electron chi connectivity index (χ4n) is 2.20. The third-order valence-electron chi connectivity index (χ3n) is 3.32. The van der Waals surface area contributed by atoms with Crippen LogP contribution in [0.5, 0.6) is 11.5 Å². The van der Waals surface area contributed by atoms with Crippen molar-refractivity contribution < 1.29 is 19.0 Å². The average Bonchev–Trinajstić information content (AvgIpc) is 2.53. The van der Waals surface area contributed by atoms with Crippen molar-refractivity contribution in [2.45, 2.75) is 6.10 Å². The van der Waals surface area contributed by atoms with E-state index in [0.717, 1.165) is 0 Å². The Hall–Kier alpha value is -1.79. The number of nitrogens with zero attached hydrogens (tertiary/aromatic N) is 1. The maximum absolute atomic E-state index is 12.5. The summed E-state index contributed by atoms with van der Waals surface area (Å²) in [4.78, 5) is 14.2. The van der Waals surface area contributed by atoms with E-state index in [9.17, 15) is 4.79 Å². The Labute approximate surface area is 118 Å². The third kappa shape index (κ3) is 3.02. The number of nitrogens with two attached hydrogens (primary N) is 1. The first kappa shape index (κ1) is 14.6. The molecule has 1 amide bonds. The molecule has 0 bridgehead atoms. The smallest absolute Gasteiger partial charge is 0.254 e. The van der Waals surface area contributed by atoms with E-state index in [-0.39, 0.29) is 12.0 Å². The van der Waals surface area contributed by atoms with E-state index >= 15 is 0 Å². The highest BCUT2D eigenvalue weighted by Gasteiger charge is 2.24. The molecule has 0 aromatic heterocycles. The first-order chi connectivity index (χ1) is 9.69. The van der Waals surface area contributed by atoms with Gasteiger partial charge in [0.05, 0.1) is 26.9 Å². The Morgan fingerprint density at radius 3 is 2.80 bits per heavy atom. The summed E-state index contributed by atoms with van der Waals surface area (Å²) in [5.41, 5.74) is 6.16. The maximum atomic E-state index is 12.5. The summed E-state index contributed by atoms with van der Waals surface area (Å²) in [5.74, 6) is 1.10. The number of carbonyl (C=O) groups excluding carboxylic acids is 1. The SMILES string of the molecule is COc1ccc(C(=O)N2CCOC(CN)C2)cc1OC. The van der Waals surface area contributed by atoms with Crippen molar-refractivity contribution in [3.63, 3.8) is 0 Å². The summed E-state index contributed by atoms with van der Waals surface area (Å²) >= 11 is 0. The lowest BCUT2D eigenvalue weighted by molar-refractivity contribution is -0.0167. The van der Waals surface area contributed by atoms with Gasteiger partial charge in [-0.1, -0.05) is 0 Å². The van der Waals surface area contributed by atoms with Crippen LogP contribution in [0.2, 0.25) is 0 Å². The molecular formula is C14H20N2O4. The quantitative estimate of drug-likeness (QED) is 0.869. The zero-order chi connectivity index (χ0) is 14.5. The van der Waals surface area contributed by atoms with Gasteiger partial charge in [0.25, 0.3) is 5.91 Å². The summed E-state index contributed by atoms with van der Waals surface area (Å²) in [7, 11) is 3.11. The molecule has 1 aliphatic rings. The Morgan fingerprint density at radius 2 is 2.15 bits per heavy atom. The molecular weight excluding hydrogens is 260 g/mol. The van der Waals surface area contributed by atoms with Gasteiger partial charge in [0.15, 0.2) is 11.5 Å². The molecule has 0 radical (unpaired) electrons. The Morgan fingerprint density at radius 1 is 1.40 bits per heavy atom. The molecule has 1 aromatic rings. The van der Waals surface area contributed by atoms with Gasteiger partial charge < -0.3 is 24.8 Å². The van der Waals surface area contributed by atoms with Crippen LogP contribution in [-0.4, -0.2) is 57.4 Å². The van der Waals surface area contributed by atoms with Crippen molar-refractivity contribution in [2.75, 3.05) is 40.5 Å². The second-order valence-electron chi connectivity index (χ2n) is 4.55. The largest absolute Gasteiger partial charge is 0.493 e. The van der Waals surface area contributed by atoms with E-state index in [0.29, 0.717) is 43.3 Å². The number of rotatable bonds is 4. The minimum absolute atomic E-state index is 0.0484. The molecule has 6 heteroatoms. The van der Waals surface area contributed by atoms with Crippen molar-refractivity contribution in [3.05, 3.63) is 23.8 Å². The van der Waals surface area contributed by atoms with Gasteiger partial charge in [-0.25, -0.2) is 0 Å². The van der Waals surface area contributed by atoms with E-state index in [1.807, 2.05) is 0 Å².